The summed E-state index contributed by atoms with van der Waals surface area (Å²) in [6.07, 6.45) is 1.05. The van der Waals surface area contributed by atoms with Gasteiger partial charge in [0.25, 0.3) is 5.91 Å². The summed E-state index contributed by atoms with van der Waals surface area (Å²) in [6.45, 7) is 4.77. The molecule has 2 heterocycles. The lowest BCUT2D eigenvalue weighted by molar-refractivity contribution is 0.0932. The predicted molar refractivity (Wildman–Crippen MR) is 99.9 cm³/mol. The Kier molecular flexibility index (Phi) is 4.74. The number of ether oxygens (including phenoxy) is 2. The number of benzene rings is 2. The fraction of sp³-hybridized carbons (Fsp3) is 0.350. The molecule has 1 unspecified atom stereocenters. The topological polar surface area (TPSA) is 50.8 Å². The third-order valence-electron chi connectivity index (χ3n) is 5.03. The van der Waals surface area contributed by atoms with E-state index in [0.717, 1.165) is 19.5 Å². The summed E-state index contributed by atoms with van der Waals surface area (Å²) < 4.78 is 10.6. The van der Waals surface area contributed by atoms with Gasteiger partial charge in [0.2, 0.25) is 6.79 Å². The van der Waals surface area contributed by atoms with Gasteiger partial charge in [-0.1, -0.05) is 35.9 Å². The Labute approximate surface area is 157 Å². The van der Waals surface area contributed by atoms with Gasteiger partial charge in [-0.05, 0) is 36.6 Å². The maximum absolute atomic E-state index is 12.5. The number of carbonyl (C=O) groups is 1. The van der Waals surface area contributed by atoms with Gasteiger partial charge in [-0.3, -0.25) is 9.69 Å². The molecule has 2 aromatic rings. The SMILES string of the molecule is CC(CNC(=O)c1cc(Cl)c2c(c1)OCO2)N1CCc2ccccc2C1. The van der Waals surface area contributed by atoms with Crippen molar-refractivity contribution >= 4 is 17.5 Å². The van der Waals surface area contributed by atoms with Crippen molar-refractivity contribution in [2.24, 2.45) is 0 Å². The first-order valence-corrected chi connectivity index (χ1v) is 9.18. The van der Waals surface area contributed by atoms with Crippen LogP contribution in [0.25, 0.3) is 0 Å². The highest BCUT2D eigenvalue weighted by Gasteiger charge is 2.23. The second-order valence-corrected chi connectivity index (χ2v) is 7.15. The molecule has 0 bridgehead atoms. The molecule has 1 N–H and O–H groups in total. The molecule has 0 saturated heterocycles. The van der Waals surface area contributed by atoms with E-state index >= 15 is 0 Å². The van der Waals surface area contributed by atoms with E-state index < -0.39 is 0 Å². The maximum atomic E-state index is 12.5. The van der Waals surface area contributed by atoms with Crippen LogP contribution >= 0.6 is 11.6 Å². The van der Waals surface area contributed by atoms with Gasteiger partial charge < -0.3 is 14.8 Å². The highest BCUT2D eigenvalue weighted by atomic mass is 35.5. The van der Waals surface area contributed by atoms with Gasteiger partial charge in [-0.25, -0.2) is 0 Å². The zero-order chi connectivity index (χ0) is 18.1. The van der Waals surface area contributed by atoms with Gasteiger partial charge in [-0.15, -0.1) is 0 Å². The van der Waals surface area contributed by atoms with Crippen molar-refractivity contribution in [1.29, 1.82) is 0 Å². The van der Waals surface area contributed by atoms with Crippen molar-refractivity contribution in [2.75, 3.05) is 19.9 Å². The Morgan fingerprint density at radius 1 is 1.27 bits per heavy atom. The van der Waals surface area contributed by atoms with E-state index in [-0.39, 0.29) is 18.7 Å². The van der Waals surface area contributed by atoms with Gasteiger partial charge in [-0.2, -0.15) is 0 Å². The molecule has 6 heteroatoms. The van der Waals surface area contributed by atoms with Crippen LogP contribution in [-0.2, 0) is 13.0 Å². The van der Waals surface area contributed by atoms with E-state index in [0.29, 0.717) is 28.6 Å². The van der Waals surface area contributed by atoms with Crippen LogP contribution in [0.4, 0.5) is 0 Å². The van der Waals surface area contributed by atoms with E-state index in [1.165, 1.54) is 11.1 Å². The van der Waals surface area contributed by atoms with Gasteiger partial charge in [0.15, 0.2) is 11.5 Å². The molecule has 1 atom stereocenters. The Bertz CT molecular complexity index is 840. The van der Waals surface area contributed by atoms with Gasteiger partial charge >= 0.3 is 0 Å². The first-order valence-electron chi connectivity index (χ1n) is 8.80. The highest BCUT2D eigenvalue weighted by molar-refractivity contribution is 6.32. The summed E-state index contributed by atoms with van der Waals surface area (Å²) in [5.41, 5.74) is 3.28. The van der Waals surface area contributed by atoms with Gasteiger partial charge in [0, 0.05) is 31.2 Å². The molecule has 4 rings (SSSR count). The number of nitrogens with one attached hydrogen (secondary N) is 1. The largest absolute Gasteiger partial charge is 0.454 e. The van der Waals surface area contributed by atoms with Crippen molar-refractivity contribution in [1.82, 2.24) is 10.2 Å². The third kappa shape index (κ3) is 3.37. The molecule has 0 spiro atoms. The number of nitrogens with zero attached hydrogens (tertiary/aromatic N) is 1. The van der Waals surface area contributed by atoms with Crippen molar-refractivity contribution < 1.29 is 14.3 Å². The van der Waals surface area contributed by atoms with Crippen molar-refractivity contribution in [2.45, 2.75) is 25.9 Å². The molecular weight excluding hydrogens is 352 g/mol. The summed E-state index contributed by atoms with van der Waals surface area (Å²) in [5, 5.41) is 3.40. The standard InChI is InChI=1S/C20H21ClN2O3/c1-13(23-7-6-14-4-2-3-5-15(14)11-23)10-22-20(24)16-8-17(21)19-18(9-16)25-12-26-19/h2-5,8-9,13H,6-7,10-12H2,1H3,(H,22,24). The Morgan fingerprint density at radius 3 is 2.92 bits per heavy atom. The lowest BCUT2D eigenvalue weighted by atomic mass is 9.99. The van der Waals surface area contributed by atoms with Gasteiger partial charge in [0.1, 0.15) is 0 Å². The van der Waals surface area contributed by atoms with Crippen LogP contribution in [0.3, 0.4) is 0 Å². The van der Waals surface area contributed by atoms with Crippen LogP contribution in [0, 0.1) is 0 Å². The monoisotopic (exact) mass is 372 g/mol. The molecular formula is C20H21ClN2O3. The van der Waals surface area contributed by atoms with Crippen LogP contribution < -0.4 is 14.8 Å². The van der Waals surface area contributed by atoms with Crippen LogP contribution in [-0.4, -0.2) is 36.7 Å². The zero-order valence-corrected chi connectivity index (χ0v) is 15.4. The van der Waals surface area contributed by atoms with Crippen LogP contribution in [0.15, 0.2) is 36.4 Å². The summed E-state index contributed by atoms with van der Waals surface area (Å²) in [6, 6.07) is 12.1. The molecule has 0 aliphatic carbocycles. The molecule has 2 aliphatic heterocycles. The van der Waals surface area contributed by atoms with Gasteiger partial charge in [0.05, 0.1) is 5.02 Å². The summed E-state index contributed by atoms with van der Waals surface area (Å²) >= 11 is 6.16. The molecule has 2 aromatic carbocycles. The molecule has 1 amide bonds. The second kappa shape index (κ2) is 7.17. The van der Waals surface area contributed by atoms with Crippen LogP contribution in [0.1, 0.15) is 28.4 Å². The Balaban J connectivity index is 1.37. The van der Waals surface area contributed by atoms with E-state index in [9.17, 15) is 4.79 Å². The van der Waals surface area contributed by atoms with Crippen molar-refractivity contribution in [3.8, 4) is 11.5 Å². The van der Waals surface area contributed by atoms with E-state index in [4.69, 9.17) is 21.1 Å². The first kappa shape index (κ1) is 17.2. The number of rotatable bonds is 4. The minimum absolute atomic E-state index is 0.133. The number of fused-ring (bicyclic) bond motifs is 2. The summed E-state index contributed by atoms with van der Waals surface area (Å²) in [4.78, 5) is 14.9. The third-order valence-corrected chi connectivity index (χ3v) is 5.31. The molecule has 2 aliphatic rings. The lowest BCUT2D eigenvalue weighted by Gasteiger charge is -2.33. The van der Waals surface area contributed by atoms with Crippen molar-refractivity contribution in [3.05, 3.63) is 58.1 Å². The fourth-order valence-corrected chi connectivity index (χ4v) is 3.73. The normalized spacial score (nSPS) is 16.8. The minimum Gasteiger partial charge on any atom is -0.454 e. The minimum atomic E-state index is -0.158. The average Bonchev–Trinajstić information content (AvgIpc) is 3.14. The van der Waals surface area contributed by atoms with E-state index in [1.807, 2.05) is 0 Å². The molecule has 0 saturated carbocycles. The van der Waals surface area contributed by atoms with Crippen LogP contribution in [0.5, 0.6) is 11.5 Å². The van der Waals surface area contributed by atoms with Crippen molar-refractivity contribution in [3.63, 3.8) is 0 Å². The average molecular weight is 373 g/mol. The number of carbonyl (C=O) groups excluding carboxylic acids is 1. The smallest absolute Gasteiger partial charge is 0.251 e. The number of amides is 1. The number of halogens is 1. The summed E-state index contributed by atoms with van der Waals surface area (Å²) in [7, 11) is 0. The molecule has 0 radical (unpaired) electrons. The predicted octanol–water partition coefficient (Wildman–Crippen LogP) is 3.25. The van der Waals surface area contributed by atoms with E-state index in [1.54, 1.807) is 12.1 Å². The molecule has 26 heavy (non-hydrogen) atoms. The summed E-state index contributed by atoms with van der Waals surface area (Å²) in [5.74, 6) is 0.862. The quantitative estimate of drug-likeness (QED) is 0.895. The number of hydrogen-bond acceptors (Lipinski definition) is 4. The second-order valence-electron chi connectivity index (χ2n) is 6.74. The maximum Gasteiger partial charge on any atom is 0.251 e. The zero-order valence-electron chi connectivity index (χ0n) is 14.6. The van der Waals surface area contributed by atoms with E-state index in [2.05, 4.69) is 41.4 Å². The lowest BCUT2D eigenvalue weighted by Crippen LogP contribution is -2.44. The number of hydrogen-bond donors (Lipinski definition) is 1. The highest BCUT2D eigenvalue weighted by Crippen LogP contribution is 2.39. The molecule has 136 valence electrons. The Morgan fingerprint density at radius 2 is 2.08 bits per heavy atom. The molecule has 0 aromatic heterocycles. The first-order chi connectivity index (χ1) is 12.6. The molecule has 0 fully saturated rings. The van der Waals surface area contributed by atoms with Crippen LogP contribution in [0.2, 0.25) is 5.02 Å². The fourth-order valence-electron chi connectivity index (χ4n) is 3.46. The Hall–Kier alpha value is -2.24. The molecule has 5 nitrogen and oxygen atoms in total.